The molecule has 100 valence electrons. The number of phenols is 1. The van der Waals surface area contributed by atoms with Gasteiger partial charge in [-0.15, -0.1) is 0 Å². The van der Waals surface area contributed by atoms with Crippen molar-refractivity contribution in [2.75, 3.05) is 5.32 Å². The maximum Gasteiger partial charge on any atom is 0.187 e. The van der Waals surface area contributed by atoms with Gasteiger partial charge >= 0.3 is 0 Å². The highest BCUT2D eigenvalue weighted by Gasteiger charge is 2.09. The first-order chi connectivity index (χ1) is 8.99. The first-order valence-corrected chi connectivity index (χ1v) is 6.02. The quantitative estimate of drug-likeness (QED) is 0.883. The predicted octanol–water partition coefficient (Wildman–Crippen LogP) is 4.24. The van der Waals surface area contributed by atoms with Gasteiger partial charge in [-0.25, -0.2) is 8.78 Å². The fraction of sp³-hybridized carbons (Fsp3) is 0.143. The molecule has 0 aromatic heterocycles. The van der Waals surface area contributed by atoms with Gasteiger partial charge in [0.25, 0.3) is 0 Å². The number of halogens is 3. The summed E-state index contributed by atoms with van der Waals surface area (Å²) in [6, 6.07) is 7.56. The highest BCUT2D eigenvalue weighted by atomic mass is 35.5. The Morgan fingerprint density at radius 1 is 1.21 bits per heavy atom. The number of benzene rings is 2. The third kappa shape index (κ3) is 2.96. The molecular weight excluding hydrogens is 272 g/mol. The Bertz CT molecular complexity index is 593. The van der Waals surface area contributed by atoms with E-state index < -0.39 is 17.4 Å². The van der Waals surface area contributed by atoms with E-state index in [0.29, 0.717) is 10.6 Å². The van der Waals surface area contributed by atoms with Crippen LogP contribution in [-0.4, -0.2) is 5.11 Å². The molecular formula is C14H12ClF2NO. The Kier molecular flexibility index (Phi) is 3.90. The largest absolute Gasteiger partial charge is 0.503 e. The Morgan fingerprint density at radius 2 is 1.84 bits per heavy atom. The summed E-state index contributed by atoms with van der Waals surface area (Å²) in [5, 5.41) is 12.7. The van der Waals surface area contributed by atoms with Crippen LogP contribution in [0.4, 0.5) is 14.5 Å². The van der Waals surface area contributed by atoms with Crippen LogP contribution in [0.1, 0.15) is 11.1 Å². The van der Waals surface area contributed by atoms with E-state index >= 15 is 0 Å². The van der Waals surface area contributed by atoms with Crippen LogP contribution < -0.4 is 5.32 Å². The van der Waals surface area contributed by atoms with Crippen LogP contribution in [0.3, 0.4) is 0 Å². The molecule has 19 heavy (non-hydrogen) atoms. The Hall–Kier alpha value is -1.81. The second-order valence-electron chi connectivity index (χ2n) is 4.17. The van der Waals surface area contributed by atoms with Crippen molar-refractivity contribution in [2.45, 2.75) is 13.5 Å². The molecule has 0 aliphatic rings. The fourth-order valence-electron chi connectivity index (χ4n) is 1.72. The van der Waals surface area contributed by atoms with Gasteiger partial charge in [0.2, 0.25) is 0 Å². The Morgan fingerprint density at radius 3 is 2.47 bits per heavy atom. The van der Waals surface area contributed by atoms with Gasteiger partial charge in [0.15, 0.2) is 17.4 Å². The summed E-state index contributed by atoms with van der Waals surface area (Å²) in [6.07, 6.45) is 0. The molecule has 0 aliphatic carbocycles. The van der Waals surface area contributed by atoms with Crippen molar-refractivity contribution in [1.29, 1.82) is 0 Å². The summed E-state index contributed by atoms with van der Waals surface area (Å²) in [4.78, 5) is 0. The monoisotopic (exact) mass is 283 g/mol. The lowest BCUT2D eigenvalue weighted by Crippen LogP contribution is -2.02. The third-order valence-electron chi connectivity index (χ3n) is 2.83. The first kappa shape index (κ1) is 13.6. The molecule has 0 saturated heterocycles. The van der Waals surface area contributed by atoms with Crippen LogP contribution in [0.2, 0.25) is 5.02 Å². The maximum absolute atomic E-state index is 13.2. The number of hydrogen-bond acceptors (Lipinski definition) is 2. The van der Waals surface area contributed by atoms with E-state index in [1.807, 2.05) is 13.0 Å². The van der Waals surface area contributed by atoms with Crippen LogP contribution in [0.15, 0.2) is 30.3 Å². The minimum Gasteiger partial charge on any atom is -0.503 e. The standard InChI is InChI=1S/C14H12ClF2NO/c1-8-10(15)3-2-4-13(8)18-7-9-5-11(16)14(19)12(17)6-9/h2-6,18-19H,7H2,1H3. The molecule has 2 rings (SSSR count). The average molecular weight is 284 g/mol. The van der Waals surface area contributed by atoms with E-state index in [4.69, 9.17) is 16.7 Å². The number of nitrogens with one attached hydrogen (secondary N) is 1. The van der Waals surface area contributed by atoms with Gasteiger partial charge in [0.05, 0.1) is 0 Å². The van der Waals surface area contributed by atoms with Gasteiger partial charge in [-0.05, 0) is 42.3 Å². The molecule has 2 aromatic rings. The first-order valence-electron chi connectivity index (χ1n) is 5.65. The van der Waals surface area contributed by atoms with Gasteiger partial charge in [-0.1, -0.05) is 17.7 Å². The van der Waals surface area contributed by atoms with Crippen LogP contribution in [0, 0.1) is 18.6 Å². The molecule has 0 radical (unpaired) electrons. The lowest BCUT2D eigenvalue weighted by Gasteiger charge is -2.11. The van der Waals surface area contributed by atoms with E-state index in [1.165, 1.54) is 0 Å². The zero-order valence-corrected chi connectivity index (χ0v) is 10.9. The predicted molar refractivity (Wildman–Crippen MR) is 71.5 cm³/mol. The zero-order valence-electron chi connectivity index (χ0n) is 10.2. The third-order valence-corrected chi connectivity index (χ3v) is 3.24. The lowest BCUT2D eigenvalue weighted by atomic mass is 10.1. The highest BCUT2D eigenvalue weighted by molar-refractivity contribution is 6.31. The SMILES string of the molecule is Cc1c(Cl)cccc1NCc1cc(F)c(O)c(F)c1. The topological polar surface area (TPSA) is 32.3 Å². The van der Waals surface area contributed by atoms with E-state index in [0.717, 1.165) is 23.4 Å². The number of anilines is 1. The van der Waals surface area contributed by atoms with Crippen LogP contribution in [-0.2, 0) is 6.54 Å². The molecule has 5 heteroatoms. The zero-order chi connectivity index (χ0) is 14.0. The average Bonchev–Trinajstić information content (AvgIpc) is 2.37. The van der Waals surface area contributed by atoms with Crippen molar-refractivity contribution in [3.8, 4) is 5.75 Å². The van der Waals surface area contributed by atoms with E-state index in [1.54, 1.807) is 12.1 Å². The Labute approximate surface area is 114 Å². The van der Waals surface area contributed by atoms with E-state index in [-0.39, 0.29) is 6.54 Å². The molecule has 0 saturated carbocycles. The summed E-state index contributed by atoms with van der Waals surface area (Å²) in [5.74, 6) is -2.90. The van der Waals surface area contributed by atoms with Gasteiger partial charge in [0, 0.05) is 17.3 Å². The summed E-state index contributed by atoms with van der Waals surface area (Å²) in [7, 11) is 0. The minimum atomic E-state index is -0.973. The molecule has 0 fully saturated rings. The van der Waals surface area contributed by atoms with Crippen molar-refractivity contribution in [2.24, 2.45) is 0 Å². The van der Waals surface area contributed by atoms with Crippen molar-refractivity contribution in [3.63, 3.8) is 0 Å². The smallest absolute Gasteiger partial charge is 0.187 e. The summed E-state index contributed by atoms with van der Waals surface area (Å²) in [6.45, 7) is 2.08. The molecule has 0 spiro atoms. The molecule has 0 atom stereocenters. The summed E-state index contributed by atoms with van der Waals surface area (Å²) >= 11 is 5.97. The number of hydrogen-bond donors (Lipinski definition) is 2. The molecule has 0 heterocycles. The number of aromatic hydroxyl groups is 1. The fourth-order valence-corrected chi connectivity index (χ4v) is 1.89. The number of rotatable bonds is 3. The number of phenolic OH excluding ortho intramolecular Hbond substituents is 1. The van der Waals surface area contributed by atoms with Gasteiger partial charge in [-0.2, -0.15) is 0 Å². The van der Waals surface area contributed by atoms with Crippen LogP contribution in [0.25, 0.3) is 0 Å². The molecule has 0 amide bonds. The second-order valence-corrected chi connectivity index (χ2v) is 4.58. The van der Waals surface area contributed by atoms with Crippen molar-refractivity contribution < 1.29 is 13.9 Å². The molecule has 2 nitrogen and oxygen atoms in total. The second kappa shape index (κ2) is 5.45. The lowest BCUT2D eigenvalue weighted by molar-refractivity contribution is 0.395. The molecule has 2 aromatic carbocycles. The van der Waals surface area contributed by atoms with Crippen molar-refractivity contribution >= 4 is 17.3 Å². The van der Waals surface area contributed by atoms with Crippen molar-refractivity contribution in [3.05, 3.63) is 58.1 Å². The van der Waals surface area contributed by atoms with Crippen LogP contribution in [0.5, 0.6) is 5.75 Å². The van der Waals surface area contributed by atoms with E-state index in [9.17, 15) is 8.78 Å². The van der Waals surface area contributed by atoms with Gasteiger partial charge in [0.1, 0.15) is 0 Å². The molecule has 2 N–H and O–H groups in total. The molecule has 0 bridgehead atoms. The normalized spacial score (nSPS) is 10.5. The Balaban J connectivity index is 2.17. The molecule has 0 aliphatic heterocycles. The summed E-state index contributed by atoms with van der Waals surface area (Å²) < 4.78 is 26.3. The van der Waals surface area contributed by atoms with Gasteiger partial charge in [-0.3, -0.25) is 0 Å². The van der Waals surface area contributed by atoms with Crippen molar-refractivity contribution in [1.82, 2.24) is 0 Å². The molecule has 0 unspecified atom stereocenters. The van der Waals surface area contributed by atoms with Gasteiger partial charge < -0.3 is 10.4 Å². The maximum atomic E-state index is 13.2. The highest BCUT2D eigenvalue weighted by Crippen LogP contribution is 2.25. The van der Waals surface area contributed by atoms with Crippen LogP contribution >= 0.6 is 11.6 Å². The van der Waals surface area contributed by atoms with E-state index in [2.05, 4.69) is 5.32 Å². The summed E-state index contributed by atoms with van der Waals surface area (Å²) in [5.41, 5.74) is 2.05. The minimum absolute atomic E-state index is 0.231.